The van der Waals surface area contributed by atoms with Crippen LogP contribution in [0.3, 0.4) is 0 Å². The molecule has 1 unspecified atom stereocenters. The number of rotatable bonds is 8. The highest BCUT2D eigenvalue weighted by atomic mass is 16.2. The number of nitrogens with zero attached hydrogens (tertiary/aromatic N) is 3. The molecule has 8 heteroatoms. The van der Waals surface area contributed by atoms with Gasteiger partial charge in [-0.25, -0.2) is 0 Å². The number of hydrogen-bond donors (Lipinski definition) is 1. The van der Waals surface area contributed by atoms with E-state index in [1.807, 2.05) is 16.9 Å². The van der Waals surface area contributed by atoms with Gasteiger partial charge in [0.25, 0.3) is 11.8 Å². The summed E-state index contributed by atoms with van der Waals surface area (Å²) < 4.78 is 1.84. The van der Waals surface area contributed by atoms with Gasteiger partial charge in [0.15, 0.2) is 0 Å². The Labute approximate surface area is 186 Å². The van der Waals surface area contributed by atoms with Crippen molar-refractivity contribution in [2.24, 2.45) is 0 Å². The molecular weight excluding hydrogens is 408 g/mol. The molecule has 1 saturated heterocycles. The van der Waals surface area contributed by atoms with E-state index in [1.54, 1.807) is 18.3 Å². The lowest BCUT2D eigenvalue weighted by atomic mass is 9.97. The molecule has 2 aliphatic rings. The third kappa shape index (κ3) is 4.19. The number of hydrogen-bond acceptors (Lipinski definition) is 5. The number of carbonyl (C=O) groups is 4. The van der Waals surface area contributed by atoms with E-state index in [1.165, 1.54) is 0 Å². The molecule has 1 aromatic heterocycles. The molecule has 1 aromatic carbocycles. The average molecular weight is 432 g/mol. The second kappa shape index (κ2) is 9.18. The summed E-state index contributed by atoms with van der Waals surface area (Å²) in [6.45, 7) is 0.802. The molecule has 8 nitrogen and oxygen atoms in total. The minimum Gasteiger partial charge on any atom is -0.295 e. The van der Waals surface area contributed by atoms with Gasteiger partial charge in [-0.15, -0.1) is 6.42 Å². The zero-order valence-electron chi connectivity index (χ0n) is 17.7. The maximum atomic E-state index is 13.1. The SMILES string of the molecule is C#Cc1cnn(CCCCCCc2cccc3c2C(=O)N(C2CCC(=O)NC2=O)C3=O)c1. The van der Waals surface area contributed by atoms with Gasteiger partial charge in [-0.2, -0.15) is 5.10 Å². The van der Waals surface area contributed by atoms with Crippen LogP contribution in [0.1, 0.15) is 70.4 Å². The number of unbranched alkanes of at least 4 members (excludes halogenated alkanes) is 3. The number of aryl methyl sites for hydroxylation is 2. The van der Waals surface area contributed by atoms with E-state index in [0.29, 0.717) is 17.5 Å². The molecule has 2 aliphatic heterocycles. The monoisotopic (exact) mass is 432 g/mol. The second-order valence-corrected chi connectivity index (χ2v) is 8.09. The molecule has 32 heavy (non-hydrogen) atoms. The van der Waals surface area contributed by atoms with Crippen molar-refractivity contribution in [3.05, 3.63) is 52.8 Å². The molecular formula is C24H24N4O4. The molecule has 0 radical (unpaired) electrons. The number of amides is 4. The lowest BCUT2D eigenvalue weighted by Gasteiger charge is -2.27. The standard InChI is InChI=1S/C24H24N4O4/c1-2-16-14-25-27(15-16)13-6-4-3-5-8-17-9-7-10-18-21(17)24(32)28(23(18)31)19-11-12-20(29)26-22(19)30/h1,7,9-10,14-15,19H,3-6,8,11-13H2,(H,26,29,30). The van der Waals surface area contributed by atoms with Crippen LogP contribution in [0.5, 0.6) is 0 Å². The van der Waals surface area contributed by atoms with Gasteiger partial charge in [0.2, 0.25) is 11.8 Å². The van der Waals surface area contributed by atoms with Crippen molar-refractivity contribution in [2.45, 2.75) is 57.5 Å². The fourth-order valence-electron chi connectivity index (χ4n) is 4.30. The number of carbonyl (C=O) groups excluding carboxylic acids is 4. The van der Waals surface area contributed by atoms with Crippen LogP contribution in [0, 0.1) is 12.3 Å². The highest BCUT2D eigenvalue weighted by Crippen LogP contribution is 2.30. The second-order valence-electron chi connectivity index (χ2n) is 8.09. The van der Waals surface area contributed by atoms with Crippen LogP contribution in [0.15, 0.2) is 30.6 Å². The molecule has 3 heterocycles. The highest BCUT2D eigenvalue weighted by Gasteiger charge is 2.45. The van der Waals surface area contributed by atoms with E-state index in [0.717, 1.165) is 48.3 Å². The number of aromatic nitrogens is 2. The van der Waals surface area contributed by atoms with Crippen LogP contribution in [0.4, 0.5) is 0 Å². The van der Waals surface area contributed by atoms with Crippen molar-refractivity contribution in [1.82, 2.24) is 20.0 Å². The number of benzene rings is 1. The number of imide groups is 2. The zero-order chi connectivity index (χ0) is 22.7. The molecule has 0 bridgehead atoms. The summed E-state index contributed by atoms with van der Waals surface area (Å²) in [5.74, 6) is 0.669. The third-order valence-corrected chi connectivity index (χ3v) is 5.94. The minimum atomic E-state index is -0.940. The average Bonchev–Trinajstić information content (AvgIpc) is 3.34. The first-order valence-electron chi connectivity index (χ1n) is 10.8. The van der Waals surface area contributed by atoms with Gasteiger partial charge in [0.1, 0.15) is 6.04 Å². The van der Waals surface area contributed by atoms with E-state index >= 15 is 0 Å². The van der Waals surface area contributed by atoms with Gasteiger partial charge in [0, 0.05) is 19.2 Å². The van der Waals surface area contributed by atoms with Crippen LogP contribution in [-0.4, -0.2) is 44.4 Å². The molecule has 164 valence electrons. The van der Waals surface area contributed by atoms with Crippen LogP contribution in [-0.2, 0) is 22.6 Å². The van der Waals surface area contributed by atoms with Crippen LogP contribution < -0.4 is 5.32 Å². The van der Waals surface area contributed by atoms with Crippen molar-refractivity contribution in [2.75, 3.05) is 0 Å². The number of piperidine rings is 1. The van der Waals surface area contributed by atoms with E-state index in [-0.39, 0.29) is 18.7 Å². The summed E-state index contributed by atoms with van der Waals surface area (Å²) in [4.78, 5) is 50.6. The van der Waals surface area contributed by atoms with Gasteiger partial charge >= 0.3 is 0 Å². The van der Waals surface area contributed by atoms with Crippen molar-refractivity contribution in [1.29, 1.82) is 0 Å². The molecule has 1 atom stereocenters. The minimum absolute atomic E-state index is 0.110. The van der Waals surface area contributed by atoms with E-state index in [9.17, 15) is 19.2 Å². The molecule has 1 N–H and O–H groups in total. The van der Waals surface area contributed by atoms with E-state index in [4.69, 9.17) is 6.42 Å². The summed E-state index contributed by atoms with van der Waals surface area (Å²) in [5, 5.41) is 6.43. The summed E-state index contributed by atoms with van der Waals surface area (Å²) in [7, 11) is 0. The third-order valence-electron chi connectivity index (χ3n) is 5.94. The molecule has 1 fully saturated rings. The van der Waals surface area contributed by atoms with Gasteiger partial charge in [-0.1, -0.05) is 30.9 Å². The topological polar surface area (TPSA) is 101 Å². The Balaban J connectivity index is 1.34. The summed E-state index contributed by atoms with van der Waals surface area (Å²) >= 11 is 0. The fourth-order valence-corrected chi connectivity index (χ4v) is 4.30. The predicted octanol–water partition coefficient (Wildman–Crippen LogP) is 2.07. The number of nitrogens with one attached hydrogen (secondary N) is 1. The van der Waals surface area contributed by atoms with Crippen LogP contribution >= 0.6 is 0 Å². The molecule has 2 aromatic rings. The maximum Gasteiger partial charge on any atom is 0.262 e. The van der Waals surface area contributed by atoms with Crippen LogP contribution in [0.2, 0.25) is 0 Å². The Morgan fingerprint density at radius 1 is 1.09 bits per heavy atom. The Morgan fingerprint density at radius 2 is 1.91 bits per heavy atom. The normalized spacial score (nSPS) is 18.0. The van der Waals surface area contributed by atoms with Crippen molar-refractivity contribution in [3.63, 3.8) is 0 Å². The Bertz CT molecular complexity index is 1130. The maximum absolute atomic E-state index is 13.1. The first kappa shape index (κ1) is 21.5. The quantitative estimate of drug-likeness (QED) is 0.391. The first-order chi connectivity index (χ1) is 15.5. The van der Waals surface area contributed by atoms with Gasteiger partial charge < -0.3 is 0 Å². The molecule has 0 spiro atoms. The first-order valence-corrected chi connectivity index (χ1v) is 10.8. The highest BCUT2D eigenvalue weighted by molar-refractivity contribution is 6.24. The largest absolute Gasteiger partial charge is 0.295 e. The van der Waals surface area contributed by atoms with Crippen molar-refractivity contribution in [3.8, 4) is 12.3 Å². The Kier molecular flexibility index (Phi) is 6.17. The number of terminal acetylenes is 1. The lowest BCUT2D eigenvalue weighted by Crippen LogP contribution is -2.54. The fraction of sp³-hybridized carbons (Fsp3) is 0.375. The van der Waals surface area contributed by atoms with Gasteiger partial charge in [0.05, 0.1) is 22.9 Å². The van der Waals surface area contributed by atoms with E-state index < -0.39 is 23.8 Å². The predicted molar refractivity (Wildman–Crippen MR) is 115 cm³/mol. The molecule has 4 amide bonds. The Hall–Kier alpha value is -3.73. The smallest absolute Gasteiger partial charge is 0.262 e. The molecule has 0 aliphatic carbocycles. The van der Waals surface area contributed by atoms with E-state index in [2.05, 4.69) is 16.3 Å². The van der Waals surface area contributed by atoms with Gasteiger partial charge in [-0.3, -0.25) is 34.1 Å². The summed E-state index contributed by atoms with van der Waals surface area (Å²) in [6, 6.07) is 4.32. The van der Waals surface area contributed by atoms with Crippen molar-refractivity contribution < 1.29 is 19.2 Å². The molecule has 0 saturated carbocycles. The molecule has 4 rings (SSSR count). The zero-order valence-corrected chi connectivity index (χ0v) is 17.7. The summed E-state index contributed by atoms with van der Waals surface area (Å²) in [6.07, 6.45) is 13.7. The van der Waals surface area contributed by atoms with Gasteiger partial charge in [-0.05, 0) is 37.3 Å². The Morgan fingerprint density at radius 3 is 2.66 bits per heavy atom. The van der Waals surface area contributed by atoms with Crippen LogP contribution in [0.25, 0.3) is 0 Å². The van der Waals surface area contributed by atoms with Crippen molar-refractivity contribution >= 4 is 23.6 Å². The summed E-state index contributed by atoms with van der Waals surface area (Å²) in [5.41, 5.74) is 2.32. The number of fused-ring (bicyclic) bond motifs is 1. The lowest BCUT2D eigenvalue weighted by molar-refractivity contribution is -0.136.